The van der Waals surface area contributed by atoms with E-state index < -0.39 is 0 Å². The van der Waals surface area contributed by atoms with E-state index in [0.717, 1.165) is 29.6 Å². The van der Waals surface area contributed by atoms with Gasteiger partial charge in [0.25, 0.3) is 0 Å². The van der Waals surface area contributed by atoms with Gasteiger partial charge in [0.05, 0.1) is 0 Å². The summed E-state index contributed by atoms with van der Waals surface area (Å²) in [6.45, 7) is 12.1. The molecule has 56 heavy (non-hydrogen) atoms. The van der Waals surface area contributed by atoms with Crippen LogP contribution in [0.15, 0.2) is 72.8 Å². The van der Waals surface area contributed by atoms with E-state index in [1.165, 1.54) is 114 Å². The molecule has 0 N–H and O–H groups in total. The maximum Gasteiger partial charge on any atom is 0.247 e. The molecule has 2 aliphatic heterocycles. The zero-order chi connectivity index (χ0) is 37.3. The summed E-state index contributed by atoms with van der Waals surface area (Å²) in [7, 11) is 0. The highest BCUT2D eigenvalue weighted by molar-refractivity contribution is 7.02. The van der Waals surface area contributed by atoms with Crippen LogP contribution in [0.4, 0.5) is 17.1 Å². The Labute approximate surface area is 335 Å². The smallest absolute Gasteiger partial charge is 0.247 e. The highest BCUT2D eigenvalue weighted by Gasteiger charge is 2.53. The third-order valence-corrected chi connectivity index (χ3v) is 17.0. The molecule has 4 fully saturated rings. The third-order valence-electron chi connectivity index (χ3n) is 17.0. The molecule has 10 aliphatic rings. The Balaban J connectivity index is 1.20. The predicted octanol–water partition coefficient (Wildman–Crippen LogP) is 9.14. The van der Waals surface area contributed by atoms with Crippen LogP contribution >= 0.6 is 0 Å². The second kappa shape index (κ2) is 11.6. The Bertz CT molecular complexity index is 2480. The molecule has 4 atom stereocenters. The van der Waals surface area contributed by atoms with Gasteiger partial charge in [-0.3, -0.25) is 0 Å². The third kappa shape index (κ3) is 4.58. The van der Waals surface area contributed by atoms with Gasteiger partial charge in [-0.05, 0) is 202 Å². The Kier molecular flexibility index (Phi) is 6.83. The normalized spacial score (nSPS) is 29.4. The van der Waals surface area contributed by atoms with Crippen LogP contribution in [0.5, 0.6) is 0 Å². The van der Waals surface area contributed by atoms with E-state index in [4.69, 9.17) is 0 Å². The van der Waals surface area contributed by atoms with Gasteiger partial charge in [0.1, 0.15) is 0 Å². The quantitative estimate of drug-likeness (QED) is 0.161. The first-order valence-corrected chi connectivity index (χ1v) is 22.7. The van der Waals surface area contributed by atoms with Crippen LogP contribution in [0.3, 0.4) is 0 Å². The average Bonchev–Trinajstić information content (AvgIpc) is 3.43. The zero-order valence-corrected chi connectivity index (χ0v) is 34.2. The molecular weight excluding hydrogens is 672 g/mol. The number of hydrogen-bond acceptors (Lipinski definition) is 1. The topological polar surface area (TPSA) is 3.24 Å². The molecule has 0 saturated heterocycles. The molecule has 0 spiro atoms. The number of nitrogens with zero attached hydrogens (tertiary/aromatic N) is 1. The summed E-state index contributed by atoms with van der Waals surface area (Å²) in [6, 6.07) is 30.7. The fourth-order valence-electron chi connectivity index (χ4n) is 15.8. The molecule has 0 aromatic heterocycles. The van der Waals surface area contributed by atoms with E-state index in [-0.39, 0.29) is 13.4 Å². The van der Waals surface area contributed by atoms with Crippen LogP contribution in [0.2, 0.25) is 0 Å². The highest BCUT2D eigenvalue weighted by atomic mass is 15.2. The molecule has 278 valence electrons. The fourth-order valence-corrected chi connectivity index (χ4v) is 15.8. The van der Waals surface area contributed by atoms with Crippen LogP contribution in [-0.4, -0.2) is 13.4 Å². The lowest BCUT2D eigenvalue weighted by Gasteiger charge is -2.47. The summed E-state index contributed by atoms with van der Waals surface area (Å²) in [6.07, 6.45) is 14.2. The summed E-state index contributed by atoms with van der Waals surface area (Å²) in [4.78, 5) is 2.87. The van der Waals surface area contributed by atoms with Crippen molar-refractivity contribution in [2.75, 3.05) is 4.90 Å². The average molecular weight is 728 g/mol. The van der Waals surface area contributed by atoms with E-state index in [1.807, 2.05) is 5.56 Å². The Morgan fingerprint density at radius 3 is 1.50 bits per heavy atom. The number of anilines is 3. The van der Waals surface area contributed by atoms with Crippen molar-refractivity contribution in [3.05, 3.63) is 123 Å². The number of benzene rings is 5. The largest absolute Gasteiger partial charge is 0.313 e. The van der Waals surface area contributed by atoms with Crippen molar-refractivity contribution in [3.63, 3.8) is 0 Å². The van der Waals surface area contributed by atoms with Gasteiger partial charge < -0.3 is 4.90 Å². The fraction of sp³-hybridized carbons (Fsp3) is 0.434. The maximum absolute atomic E-state index is 2.87. The summed E-state index contributed by atoms with van der Waals surface area (Å²) < 4.78 is 0. The maximum atomic E-state index is 2.87. The lowest BCUT2D eigenvalue weighted by Crippen LogP contribution is -2.66. The first-order chi connectivity index (χ1) is 27.2. The number of fused-ring (bicyclic) bond motifs is 4. The Hall–Kier alpha value is -3.97. The van der Waals surface area contributed by atoms with Gasteiger partial charge in [-0.15, -0.1) is 0 Å². The first-order valence-electron chi connectivity index (χ1n) is 22.7. The molecule has 15 rings (SSSR count). The molecule has 0 amide bonds. The monoisotopic (exact) mass is 727 g/mol. The second-order valence-corrected chi connectivity index (χ2v) is 20.9. The summed E-state index contributed by atoms with van der Waals surface area (Å²) in [5, 5.41) is 0. The standard InChI is InChI=1S/C53H55B2N/c1-28-6-8-47-45(16-28)54(41-12-29(2)10-30(3)13-41)46-27-44-38-21-35-18-36(22-38)26-40(25-35)50(44)52-53(46)56(47)48-9-7-43-37-19-33-17-34(20-37)24-39(23-33)49(43)51(48)55(52)42-14-31(4)11-32(5)15-42/h6-16,27,33-40H,17-26H2,1-5H3. The molecule has 2 heterocycles. The lowest BCUT2D eigenvalue weighted by molar-refractivity contribution is 0.166. The van der Waals surface area contributed by atoms with E-state index in [9.17, 15) is 0 Å². The van der Waals surface area contributed by atoms with Crippen LogP contribution in [0.1, 0.15) is 138 Å². The van der Waals surface area contributed by atoms with Crippen LogP contribution in [0.25, 0.3) is 0 Å². The van der Waals surface area contributed by atoms with Crippen molar-refractivity contribution in [1.29, 1.82) is 0 Å². The van der Waals surface area contributed by atoms with Crippen molar-refractivity contribution in [1.82, 2.24) is 0 Å². The van der Waals surface area contributed by atoms with Gasteiger partial charge >= 0.3 is 0 Å². The number of hydrogen-bond donors (Lipinski definition) is 0. The van der Waals surface area contributed by atoms with Gasteiger partial charge in [-0.2, -0.15) is 0 Å². The van der Waals surface area contributed by atoms with Crippen LogP contribution < -0.4 is 37.7 Å². The summed E-state index contributed by atoms with van der Waals surface area (Å²) in [5.41, 5.74) is 28.1. The minimum absolute atomic E-state index is 0.213. The summed E-state index contributed by atoms with van der Waals surface area (Å²) in [5.74, 6) is 6.36. The van der Waals surface area contributed by atoms with Crippen molar-refractivity contribution >= 4 is 63.3 Å². The van der Waals surface area contributed by atoms with Gasteiger partial charge in [0.2, 0.25) is 13.4 Å². The Morgan fingerprint density at radius 1 is 0.411 bits per heavy atom. The molecule has 4 saturated carbocycles. The first kappa shape index (κ1) is 33.0. The van der Waals surface area contributed by atoms with Crippen molar-refractivity contribution in [2.24, 2.45) is 23.7 Å². The molecule has 3 heteroatoms. The van der Waals surface area contributed by atoms with Crippen LogP contribution in [-0.2, 0) is 0 Å². The zero-order valence-electron chi connectivity index (χ0n) is 34.2. The molecule has 8 bridgehead atoms. The van der Waals surface area contributed by atoms with Crippen molar-refractivity contribution in [2.45, 2.75) is 122 Å². The molecular formula is C53H55B2N. The number of rotatable bonds is 2. The van der Waals surface area contributed by atoms with E-state index >= 15 is 0 Å². The van der Waals surface area contributed by atoms with E-state index in [1.54, 1.807) is 44.2 Å². The molecule has 5 aromatic rings. The highest BCUT2D eigenvalue weighted by Crippen LogP contribution is 2.59. The predicted molar refractivity (Wildman–Crippen MR) is 238 cm³/mol. The molecule has 1 nitrogen and oxygen atoms in total. The molecule has 8 aliphatic carbocycles. The lowest BCUT2D eigenvalue weighted by atomic mass is 9.29. The van der Waals surface area contributed by atoms with Gasteiger partial charge in [0.15, 0.2) is 0 Å². The SMILES string of the molecule is Cc1cc(C)cc(B2c3cc(C)ccc3N3c4ccc5c(c4B(c4cc(C)cc(C)c4)c4c6c(cc2c43)C2CC3CC(C2)CC6C3)C2CC3CC(CC5C3)C2)c1. The minimum atomic E-state index is 0.213. The molecule has 0 radical (unpaired) electrons. The van der Waals surface area contributed by atoms with Gasteiger partial charge in [0, 0.05) is 17.1 Å². The summed E-state index contributed by atoms with van der Waals surface area (Å²) >= 11 is 0. The molecule has 5 aromatic carbocycles. The Morgan fingerprint density at radius 2 is 0.911 bits per heavy atom. The van der Waals surface area contributed by atoms with Gasteiger partial charge in [-0.25, -0.2) is 0 Å². The van der Waals surface area contributed by atoms with Crippen molar-refractivity contribution < 1.29 is 0 Å². The minimum Gasteiger partial charge on any atom is -0.313 e. The molecule has 4 unspecified atom stereocenters. The van der Waals surface area contributed by atoms with E-state index in [2.05, 4.69) is 112 Å². The van der Waals surface area contributed by atoms with Crippen LogP contribution in [0, 0.1) is 58.3 Å². The number of aryl methyl sites for hydroxylation is 5. The second-order valence-electron chi connectivity index (χ2n) is 20.9. The van der Waals surface area contributed by atoms with Crippen molar-refractivity contribution in [3.8, 4) is 0 Å². The van der Waals surface area contributed by atoms with Gasteiger partial charge in [-0.1, -0.05) is 99.4 Å². The van der Waals surface area contributed by atoms with E-state index in [0.29, 0.717) is 17.8 Å².